The molecule has 2 bridgehead atoms. The number of aromatic carboxylic acids is 1. The number of carboxylic acid groups (broad SMARTS) is 1. The molecule has 1 fully saturated rings. The Bertz CT molecular complexity index is 1530. The maximum atomic E-state index is 10.1. The van der Waals surface area contributed by atoms with Crippen LogP contribution >= 0.6 is 0 Å². The summed E-state index contributed by atoms with van der Waals surface area (Å²) in [5, 5.41) is 10.8. The molecule has 1 saturated carbocycles. The van der Waals surface area contributed by atoms with Crippen LogP contribution in [0.1, 0.15) is 61.1 Å². The molecule has 1 aromatic carbocycles. The van der Waals surface area contributed by atoms with Crippen LogP contribution in [0.3, 0.4) is 0 Å². The minimum atomic E-state index is -0.990. The molecule has 7 heteroatoms. The van der Waals surface area contributed by atoms with Crippen molar-refractivity contribution in [1.29, 1.82) is 0 Å². The number of nitrogens with zero attached hydrogens (tertiary/aromatic N) is 4. The molecule has 1 N–H and O–H groups in total. The van der Waals surface area contributed by atoms with E-state index in [-0.39, 0.29) is 31.2 Å². The van der Waals surface area contributed by atoms with Crippen LogP contribution in [0.4, 0.5) is 0 Å². The van der Waals surface area contributed by atoms with Crippen LogP contribution in [0.25, 0.3) is 27.8 Å². The molecule has 2 atom stereocenters. The molecule has 4 heterocycles. The molecular weight excluding hydrogens is 629 g/mol. The predicted molar refractivity (Wildman–Crippen MR) is 136 cm³/mol. The average Bonchev–Trinajstić information content (AvgIpc) is 3.55. The minimum Gasteiger partial charge on any atom is -0.477 e. The molecule has 0 aliphatic heterocycles. The smallest absolute Gasteiger partial charge is 0.354 e. The number of carbonyl (C=O) groups is 1. The summed E-state index contributed by atoms with van der Waals surface area (Å²) in [6, 6.07) is 17.5. The largest absolute Gasteiger partial charge is 0.477 e. The van der Waals surface area contributed by atoms with Gasteiger partial charge in [-0.3, -0.25) is 4.98 Å². The monoisotopic (exact) mass is 656 g/mol. The van der Waals surface area contributed by atoms with E-state index in [0.717, 1.165) is 11.5 Å². The first kappa shape index (κ1) is 24.4. The van der Waals surface area contributed by atoms with Crippen molar-refractivity contribution in [2.75, 3.05) is 0 Å². The third-order valence-corrected chi connectivity index (χ3v) is 8.55. The molecule has 0 amide bonds. The fourth-order valence-corrected chi connectivity index (χ4v) is 6.33. The van der Waals surface area contributed by atoms with Gasteiger partial charge in [0.2, 0.25) is 0 Å². The molecule has 185 valence electrons. The average molecular weight is 656 g/mol. The van der Waals surface area contributed by atoms with Crippen LogP contribution < -0.4 is 4.98 Å². The van der Waals surface area contributed by atoms with Gasteiger partial charge in [-0.15, -0.1) is 0 Å². The molecule has 4 aromatic heterocycles. The van der Waals surface area contributed by atoms with E-state index in [0.29, 0.717) is 11.3 Å². The van der Waals surface area contributed by atoms with Gasteiger partial charge in [0.05, 0.1) is 5.65 Å². The van der Waals surface area contributed by atoms with Gasteiger partial charge in [0.25, 0.3) is 0 Å². The summed E-state index contributed by atoms with van der Waals surface area (Å²) in [5.74, 6) is 0.696. The number of carboxylic acids is 1. The molecule has 2 aliphatic carbocycles. The zero-order valence-electron chi connectivity index (χ0n) is 20.4. The molecule has 2 unspecified atom stereocenters. The number of rotatable bonds is 2. The zero-order chi connectivity index (χ0) is 24.4. The van der Waals surface area contributed by atoms with E-state index in [4.69, 9.17) is 15.1 Å². The maximum Gasteiger partial charge on any atom is 0.354 e. The van der Waals surface area contributed by atoms with Crippen molar-refractivity contribution in [2.45, 2.75) is 44.9 Å². The number of para-hydroxylation sites is 1. The summed E-state index contributed by atoms with van der Waals surface area (Å²) in [6.07, 6.45) is 8.02. The van der Waals surface area contributed by atoms with Crippen LogP contribution in [-0.4, -0.2) is 25.6 Å². The molecule has 6 nitrogen and oxygen atoms in total. The van der Waals surface area contributed by atoms with E-state index in [1.807, 2.05) is 12.3 Å². The number of pyridine rings is 2. The van der Waals surface area contributed by atoms with Gasteiger partial charge in [-0.25, -0.2) is 9.78 Å². The van der Waals surface area contributed by atoms with Gasteiger partial charge in [-0.1, -0.05) is 63.4 Å². The molecule has 36 heavy (non-hydrogen) atoms. The van der Waals surface area contributed by atoms with E-state index in [2.05, 4.69) is 66.9 Å². The minimum absolute atomic E-state index is 0. The first-order chi connectivity index (χ1) is 16.8. The molecule has 0 spiro atoms. The van der Waals surface area contributed by atoms with E-state index in [1.165, 1.54) is 52.5 Å². The zero-order valence-corrected chi connectivity index (χ0v) is 22.8. The molecule has 0 saturated heterocycles. The van der Waals surface area contributed by atoms with Gasteiger partial charge in [-0.2, -0.15) is 0 Å². The Kier molecular flexibility index (Phi) is 5.89. The standard InChI is InChI=1S/C23H22N3.C6H5NO2.Ir/c1-22(2)16-10-11-23(22,3)17-13-25-21(19(16)17)26-18-9-5-4-7-14(18)15-8-6-12-24-20(15)26;8-6(9)5-3-1-2-4-7-5;/h4-9,12-13,16H,10-11H2,1-3H3;1-4H,(H,8,9);/q-1;;. The fraction of sp³-hybridized carbons (Fsp3) is 0.276. The fourth-order valence-electron chi connectivity index (χ4n) is 6.33. The summed E-state index contributed by atoms with van der Waals surface area (Å²) in [7, 11) is 0. The second-order valence-corrected chi connectivity index (χ2v) is 10.3. The third kappa shape index (κ3) is 3.30. The Labute approximate surface area is 223 Å². The summed E-state index contributed by atoms with van der Waals surface area (Å²) in [5.41, 5.74) is 5.77. The Morgan fingerprint density at radius 1 is 1.00 bits per heavy atom. The van der Waals surface area contributed by atoms with E-state index < -0.39 is 5.97 Å². The van der Waals surface area contributed by atoms with Crippen molar-refractivity contribution >= 4 is 27.9 Å². The van der Waals surface area contributed by atoms with E-state index in [9.17, 15) is 4.79 Å². The predicted octanol–water partition coefficient (Wildman–Crippen LogP) is 6.09. The molecular formula is C29H27IrN4O2-. The van der Waals surface area contributed by atoms with Crippen molar-refractivity contribution in [1.82, 2.24) is 19.5 Å². The first-order valence-electron chi connectivity index (χ1n) is 12.0. The number of benzene rings is 1. The van der Waals surface area contributed by atoms with E-state index >= 15 is 0 Å². The summed E-state index contributed by atoms with van der Waals surface area (Å²) < 4.78 is 2.30. The van der Waals surface area contributed by atoms with Crippen molar-refractivity contribution in [2.24, 2.45) is 5.41 Å². The molecule has 7 rings (SSSR count). The van der Waals surface area contributed by atoms with Crippen LogP contribution in [0.15, 0.2) is 73.2 Å². The van der Waals surface area contributed by atoms with Gasteiger partial charge in [-0.05, 0) is 75.6 Å². The quantitative estimate of drug-likeness (QED) is 0.249. The SMILES string of the molecule is CC12CCC(c3c1c[n-]c3-n1c3ccccc3c3cccnc31)C2(C)C.O=C(O)c1ccccn1.[Ir]. The second-order valence-electron chi connectivity index (χ2n) is 10.3. The van der Waals surface area contributed by atoms with Gasteiger partial charge in [0.15, 0.2) is 0 Å². The second kappa shape index (κ2) is 8.68. The summed E-state index contributed by atoms with van der Waals surface area (Å²) in [6.45, 7) is 7.32. The van der Waals surface area contributed by atoms with Crippen LogP contribution in [0, 0.1) is 5.41 Å². The molecule has 5 aromatic rings. The Hall–Kier alpha value is -3.28. The van der Waals surface area contributed by atoms with Crippen molar-refractivity contribution < 1.29 is 30.0 Å². The normalized spacial score (nSPS) is 21.0. The number of aromatic nitrogens is 4. The van der Waals surface area contributed by atoms with Crippen molar-refractivity contribution in [3.63, 3.8) is 0 Å². The Balaban J connectivity index is 0.000000229. The summed E-state index contributed by atoms with van der Waals surface area (Å²) in [4.78, 5) is 23.4. The Morgan fingerprint density at radius 3 is 2.44 bits per heavy atom. The van der Waals surface area contributed by atoms with Gasteiger partial charge >= 0.3 is 5.97 Å². The van der Waals surface area contributed by atoms with Crippen LogP contribution in [-0.2, 0) is 25.5 Å². The van der Waals surface area contributed by atoms with E-state index in [1.54, 1.807) is 12.1 Å². The van der Waals surface area contributed by atoms with Crippen LogP contribution in [0.2, 0.25) is 0 Å². The summed E-state index contributed by atoms with van der Waals surface area (Å²) >= 11 is 0. The van der Waals surface area contributed by atoms with Crippen LogP contribution in [0.5, 0.6) is 0 Å². The van der Waals surface area contributed by atoms with Crippen molar-refractivity contribution in [3.8, 4) is 5.82 Å². The van der Waals surface area contributed by atoms with Gasteiger partial charge in [0, 0.05) is 37.9 Å². The van der Waals surface area contributed by atoms with Gasteiger partial charge < -0.3 is 14.7 Å². The Morgan fingerprint density at radius 2 is 1.72 bits per heavy atom. The molecule has 2 aliphatic rings. The molecule has 1 radical (unpaired) electrons. The topological polar surface area (TPSA) is 82.1 Å². The maximum absolute atomic E-state index is 10.1. The van der Waals surface area contributed by atoms with Crippen molar-refractivity contribution in [3.05, 3.63) is 90.0 Å². The first-order valence-corrected chi connectivity index (χ1v) is 12.0. The number of hydrogen-bond donors (Lipinski definition) is 1. The number of hydrogen-bond acceptors (Lipinski definition) is 3. The third-order valence-electron chi connectivity index (χ3n) is 8.55. The van der Waals surface area contributed by atoms with Gasteiger partial charge in [0.1, 0.15) is 5.69 Å². The number of fused-ring (bicyclic) bond motifs is 8.